The van der Waals surface area contributed by atoms with Crippen LogP contribution >= 0.6 is 0 Å². The first-order valence-electron chi connectivity index (χ1n) is 6.09. The summed E-state index contributed by atoms with van der Waals surface area (Å²) in [5.74, 6) is -0.279. The maximum atomic E-state index is 10.9. The zero-order valence-corrected chi connectivity index (χ0v) is 10.4. The van der Waals surface area contributed by atoms with Crippen LogP contribution in [0.2, 0.25) is 0 Å². The molecule has 1 aliphatic carbocycles. The fourth-order valence-corrected chi connectivity index (χ4v) is 2.68. The molecule has 1 atom stereocenters. The predicted molar refractivity (Wildman–Crippen MR) is 67.6 cm³/mol. The number of likely N-dealkylation sites (N-methyl/N-ethyl adjacent to an activating group) is 1. The summed E-state index contributed by atoms with van der Waals surface area (Å²) in [6.45, 7) is 1.04. The smallest absolute Gasteiger partial charge is 0.335 e. The molecule has 0 aliphatic heterocycles. The number of nitrogens with zero attached hydrogens (tertiary/aromatic N) is 1. The van der Waals surface area contributed by atoms with Gasteiger partial charge in [-0.3, -0.25) is 0 Å². The molecule has 1 aromatic rings. The van der Waals surface area contributed by atoms with Gasteiger partial charge in [-0.05, 0) is 62.5 Å². The third-order valence-corrected chi connectivity index (χ3v) is 3.41. The lowest BCUT2D eigenvalue weighted by Crippen LogP contribution is -2.23. The van der Waals surface area contributed by atoms with Crippen LogP contribution in [0.1, 0.15) is 40.2 Å². The fraction of sp³-hybridized carbons (Fsp3) is 0.500. The number of fused-ring (bicyclic) bond motifs is 1. The number of rotatable bonds is 3. The summed E-state index contributed by atoms with van der Waals surface area (Å²) in [5, 5.41) is 8.99. The maximum absolute atomic E-state index is 10.9. The normalized spacial score (nSPS) is 19.1. The Hall–Kier alpha value is -1.35. The monoisotopic (exact) mass is 233 g/mol. The molecule has 1 aromatic carbocycles. The van der Waals surface area contributed by atoms with E-state index in [1.165, 1.54) is 17.5 Å². The Kier molecular flexibility index (Phi) is 3.48. The predicted octanol–water partition coefficient (Wildman–Crippen LogP) is 2.37. The van der Waals surface area contributed by atoms with Crippen LogP contribution in [0.4, 0.5) is 0 Å². The maximum Gasteiger partial charge on any atom is 0.335 e. The molecule has 0 amide bonds. The minimum absolute atomic E-state index is 0.411. The second-order valence-electron chi connectivity index (χ2n) is 5.07. The summed E-state index contributed by atoms with van der Waals surface area (Å²) in [6, 6.07) is 5.58. The highest BCUT2D eigenvalue weighted by Gasteiger charge is 2.21. The Balaban J connectivity index is 2.30. The Morgan fingerprint density at radius 3 is 2.88 bits per heavy atom. The molecule has 0 saturated heterocycles. The zero-order chi connectivity index (χ0) is 12.4. The quantitative estimate of drug-likeness (QED) is 0.871. The van der Waals surface area contributed by atoms with Crippen LogP contribution in [0.25, 0.3) is 0 Å². The molecule has 0 aromatic heterocycles. The van der Waals surface area contributed by atoms with Gasteiger partial charge in [-0.1, -0.05) is 6.07 Å². The third-order valence-electron chi connectivity index (χ3n) is 3.41. The first kappa shape index (κ1) is 12.1. The Morgan fingerprint density at radius 2 is 2.24 bits per heavy atom. The standard InChI is InChI=1S/C14H19NO2/c1-15(2)9-12-5-3-4-10-8-11(14(16)17)6-7-13(10)12/h6-8,12H,3-5,9H2,1-2H3,(H,16,17). The van der Waals surface area contributed by atoms with E-state index < -0.39 is 5.97 Å². The molecule has 92 valence electrons. The van der Waals surface area contributed by atoms with Crippen molar-refractivity contribution >= 4 is 5.97 Å². The summed E-state index contributed by atoms with van der Waals surface area (Å²) in [7, 11) is 4.17. The number of aromatic carboxylic acids is 1. The summed E-state index contributed by atoms with van der Waals surface area (Å²) in [4.78, 5) is 13.1. The molecule has 1 N–H and O–H groups in total. The lowest BCUT2D eigenvalue weighted by atomic mass is 9.82. The van der Waals surface area contributed by atoms with Gasteiger partial charge in [0.15, 0.2) is 0 Å². The summed E-state index contributed by atoms with van der Waals surface area (Å²) < 4.78 is 0. The van der Waals surface area contributed by atoms with E-state index in [0.717, 1.165) is 19.4 Å². The molecule has 17 heavy (non-hydrogen) atoms. The number of carboxylic acid groups (broad SMARTS) is 1. The van der Waals surface area contributed by atoms with Crippen molar-refractivity contribution in [1.29, 1.82) is 0 Å². The van der Waals surface area contributed by atoms with Crippen molar-refractivity contribution < 1.29 is 9.90 Å². The number of carboxylic acids is 1. The number of carbonyl (C=O) groups is 1. The van der Waals surface area contributed by atoms with E-state index in [2.05, 4.69) is 19.0 Å². The van der Waals surface area contributed by atoms with Crippen molar-refractivity contribution in [3.05, 3.63) is 34.9 Å². The molecule has 0 heterocycles. The van der Waals surface area contributed by atoms with Crippen LogP contribution in [-0.2, 0) is 6.42 Å². The van der Waals surface area contributed by atoms with E-state index in [9.17, 15) is 4.79 Å². The van der Waals surface area contributed by atoms with Crippen molar-refractivity contribution in [3.63, 3.8) is 0 Å². The van der Waals surface area contributed by atoms with Crippen molar-refractivity contribution in [2.24, 2.45) is 0 Å². The van der Waals surface area contributed by atoms with E-state index in [1.807, 2.05) is 12.1 Å². The molecule has 3 nitrogen and oxygen atoms in total. The van der Waals surface area contributed by atoms with Gasteiger partial charge in [-0.2, -0.15) is 0 Å². The Labute approximate surface area is 102 Å². The van der Waals surface area contributed by atoms with Crippen molar-refractivity contribution in [3.8, 4) is 0 Å². The van der Waals surface area contributed by atoms with Crippen LogP contribution in [0, 0.1) is 0 Å². The van der Waals surface area contributed by atoms with Crippen LogP contribution < -0.4 is 0 Å². The molecule has 0 saturated carbocycles. The van der Waals surface area contributed by atoms with Crippen LogP contribution in [-0.4, -0.2) is 36.6 Å². The topological polar surface area (TPSA) is 40.5 Å². The molecule has 1 unspecified atom stereocenters. The van der Waals surface area contributed by atoms with Crippen LogP contribution in [0.5, 0.6) is 0 Å². The van der Waals surface area contributed by atoms with Gasteiger partial charge in [0.1, 0.15) is 0 Å². The number of hydrogen-bond acceptors (Lipinski definition) is 2. The molecule has 0 bridgehead atoms. The molecule has 2 rings (SSSR count). The highest BCUT2D eigenvalue weighted by Crippen LogP contribution is 2.32. The van der Waals surface area contributed by atoms with E-state index in [-0.39, 0.29) is 0 Å². The highest BCUT2D eigenvalue weighted by atomic mass is 16.4. The molecular weight excluding hydrogens is 214 g/mol. The SMILES string of the molecule is CN(C)CC1CCCc2cc(C(=O)O)ccc21. The Morgan fingerprint density at radius 1 is 1.47 bits per heavy atom. The first-order valence-corrected chi connectivity index (χ1v) is 6.09. The number of hydrogen-bond donors (Lipinski definition) is 1. The molecule has 3 heteroatoms. The lowest BCUT2D eigenvalue weighted by Gasteiger charge is -2.28. The second-order valence-corrected chi connectivity index (χ2v) is 5.07. The lowest BCUT2D eigenvalue weighted by molar-refractivity contribution is 0.0696. The number of benzene rings is 1. The summed E-state index contributed by atoms with van der Waals surface area (Å²) >= 11 is 0. The van der Waals surface area contributed by atoms with Gasteiger partial charge in [0.05, 0.1) is 5.56 Å². The van der Waals surface area contributed by atoms with Crippen LogP contribution in [0.3, 0.4) is 0 Å². The van der Waals surface area contributed by atoms with E-state index >= 15 is 0 Å². The van der Waals surface area contributed by atoms with Gasteiger partial charge in [0.2, 0.25) is 0 Å². The fourth-order valence-electron chi connectivity index (χ4n) is 2.68. The van der Waals surface area contributed by atoms with Gasteiger partial charge >= 0.3 is 5.97 Å². The van der Waals surface area contributed by atoms with E-state index in [0.29, 0.717) is 11.5 Å². The number of aryl methyl sites for hydroxylation is 1. The molecule has 0 radical (unpaired) electrons. The summed E-state index contributed by atoms with van der Waals surface area (Å²) in [5.41, 5.74) is 2.98. The van der Waals surface area contributed by atoms with E-state index in [1.54, 1.807) is 6.07 Å². The van der Waals surface area contributed by atoms with Gasteiger partial charge in [0, 0.05) is 6.54 Å². The highest BCUT2D eigenvalue weighted by molar-refractivity contribution is 5.88. The second kappa shape index (κ2) is 4.88. The van der Waals surface area contributed by atoms with E-state index in [4.69, 9.17) is 5.11 Å². The molecule has 0 fully saturated rings. The Bertz CT molecular complexity index is 426. The zero-order valence-electron chi connectivity index (χ0n) is 10.4. The van der Waals surface area contributed by atoms with Crippen molar-refractivity contribution in [2.45, 2.75) is 25.2 Å². The average molecular weight is 233 g/mol. The van der Waals surface area contributed by atoms with Gasteiger partial charge in [-0.25, -0.2) is 4.79 Å². The largest absolute Gasteiger partial charge is 0.478 e. The average Bonchev–Trinajstić information content (AvgIpc) is 2.28. The van der Waals surface area contributed by atoms with Gasteiger partial charge < -0.3 is 10.0 Å². The third kappa shape index (κ3) is 2.67. The van der Waals surface area contributed by atoms with Gasteiger partial charge in [-0.15, -0.1) is 0 Å². The molecule has 0 spiro atoms. The van der Waals surface area contributed by atoms with Crippen molar-refractivity contribution in [2.75, 3.05) is 20.6 Å². The van der Waals surface area contributed by atoms with Crippen LogP contribution in [0.15, 0.2) is 18.2 Å². The molecular formula is C14H19NO2. The first-order chi connectivity index (χ1) is 8.08. The summed E-state index contributed by atoms with van der Waals surface area (Å²) in [6.07, 6.45) is 3.38. The minimum atomic E-state index is -0.831. The van der Waals surface area contributed by atoms with Crippen molar-refractivity contribution in [1.82, 2.24) is 4.90 Å². The van der Waals surface area contributed by atoms with Gasteiger partial charge in [0.25, 0.3) is 0 Å². The molecule has 1 aliphatic rings. The minimum Gasteiger partial charge on any atom is -0.478 e.